The fourth-order valence-electron chi connectivity index (χ4n) is 1.14. The van der Waals surface area contributed by atoms with E-state index in [0.717, 1.165) is 0 Å². The molecule has 0 bridgehead atoms. The van der Waals surface area contributed by atoms with E-state index < -0.39 is 17.7 Å². The van der Waals surface area contributed by atoms with Crippen molar-refractivity contribution in [3.05, 3.63) is 0 Å². The molecule has 2 amide bonds. The van der Waals surface area contributed by atoms with Crippen molar-refractivity contribution < 1.29 is 14.3 Å². The van der Waals surface area contributed by atoms with Gasteiger partial charge in [0.25, 0.3) is 0 Å². The minimum atomic E-state index is -0.527. The molecular formula is C11H23N3O3. The Morgan fingerprint density at radius 3 is 2.41 bits per heavy atom. The number of carbonyl (C=O) groups is 2. The number of likely N-dealkylation sites (N-methyl/N-ethyl adjacent to an activating group) is 1. The first-order chi connectivity index (χ1) is 7.76. The maximum atomic E-state index is 11.2. The van der Waals surface area contributed by atoms with E-state index in [-0.39, 0.29) is 5.91 Å². The quantitative estimate of drug-likeness (QED) is 0.610. The van der Waals surface area contributed by atoms with Gasteiger partial charge in [0.2, 0.25) is 5.91 Å². The van der Waals surface area contributed by atoms with E-state index in [2.05, 4.69) is 10.6 Å². The number of nitrogens with two attached hydrogens (primary N) is 1. The van der Waals surface area contributed by atoms with Gasteiger partial charge in [-0.25, -0.2) is 4.79 Å². The molecule has 0 aromatic heterocycles. The van der Waals surface area contributed by atoms with Crippen molar-refractivity contribution in [1.29, 1.82) is 0 Å². The molecule has 6 heteroatoms. The molecule has 0 rings (SSSR count). The molecular weight excluding hydrogens is 222 g/mol. The Labute approximate surface area is 102 Å². The minimum Gasteiger partial charge on any atom is -0.444 e. The molecule has 0 saturated heterocycles. The minimum absolute atomic E-state index is 0.192. The monoisotopic (exact) mass is 245 g/mol. The standard InChI is InChI=1S/C11H23N3O3/c1-11(2,3)17-10(16)14-7-5-6-8(12)9(15)13-4/h8H,5-7,12H2,1-4H3,(H,13,15)(H,14,16)/t8-/m0/s1. The van der Waals surface area contributed by atoms with Crippen LogP contribution in [-0.2, 0) is 9.53 Å². The van der Waals surface area contributed by atoms with Crippen LogP contribution in [0.25, 0.3) is 0 Å². The highest BCUT2D eigenvalue weighted by Gasteiger charge is 2.16. The van der Waals surface area contributed by atoms with Gasteiger partial charge in [-0.05, 0) is 33.6 Å². The average Bonchev–Trinajstić information content (AvgIpc) is 2.20. The maximum absolute atomic E-state index is 11.2. The molecule has 6 nitrogen and oxygen atoms in total. The second kappa shape index (κ2) is 7.11. The lowest BCUT2D eigenvalue weighted by molar-refractivity contribution is -0.122. The van der Waals surface area contributed by atoms with Crippen molar-refractivity contribution in [3.63, 3.8) is 0 Å². The highest BCUT2D eigenvalue weighted by Crippen LogP contribution is 2.06. The van der Waals surface area contributed by atoms with Crippen molar-refractivity contribution in [1.82, 2.24) is 10.6 Å². The molecule has 0 aromatic carbocycles. The van der Waals surface area contributed by atoms with E-state index in [1.165, 1.54) is 0 Å². The molecule has 0 aliphatic rings. The van der Waals surface area contributed by atoms with Gasteiger partial charge in [0.05, 0.1) is 6.04 Å². The Morgan fingerprint density at radius 1 is 1.35 bits per heavy atom. The molecule has 0 heterocycles. The van der Waals surface area contributed by atoms with Gasteiger partial charge >= 0.3 is 6.09 Å². The summed E-state index contributed by atoms with van der Waals surface area (Å²) >= 11 is 0. The topological polar surface area (TPSA) is 93.5 Å². The number of ether oxygens (including phenoxy) is 1. The van der Waals surface area contributed by atoms with Gasteiger partial charge in [-0.3, -0.25) is 4.79 Å². The molecule has 1 atom stereocenters. The van der Waals surface area contributed by atoms with Crippen LogP contribution in [0.15, 0.2) is 0 Å². The van der Waals surface area contributed by atoms with Gasteiger partial charge < -0.3 is 21.1 Å². The van der Waals surface area contributed by atoms with E-state index >= 15 is 0 Å². The highest BCUT2D eigenvalue weighted by atomic mass is 16.6. The van der Waals surface area contributed by atoms with E-state index in [1.807, 2.05) is 0 Å². The third kappa shape index (κ3) is 8.50. The second-order valence-electron chi connectivity index (χ2n) is 4.79. The zero-order valence-electron chi connectivity index (χ0n) is 11.0. The Bertz CT molecular complexity index is 261. The fraction of sp³-hybridized carbons (Fsp3) is 0.818. The van der Waals surface area contributed by atoms with Crippen LogP contribution in [0, 0.1) is 0 Å². The van der Waals surface area contributed by atoms with Crippen LogP contribution in [-0.4, -0.2) is 37.2 Å². The SMILES string of the molecule is CNC(=O)[C@@H](N)CCCNC(=O)OC(C)(C)C. The Hall–Kier alpha value is -1.30. The summed E-state index contributed by atoms with van der Waals surface area (Å²) < 4.78 is 5.05. The van der Waals surface area contributed by atoms with Gasteiger partial charge in [0.15, 0.2) is 0 Å². The lowest BCUT2D eigenvalue weighted by Crippen LogP contribution is -2.39. The molecule has 4 N–H and O–H groups in total. The normalized spacial score (nSPS) is 12.8. The molecule has 0 radical (unpaired) electrons. The third-order valence-corrected chi connectivity index (χ3v) is 1.94. The van der Waals surface area contributed by atoms with Crippen LogP contribution >= 0.6 is 0 Å². The van der Waals surface area contributed by atoms with Crippen LogP contribution in [0.2, 0.25) is 0 Å². The van der Waals surface area contributed by atoms with Crippen LogP contribution in [0.1, 0.15) is 33.6 Å². The van der Waals surface area contributed by atoms with Crippen molar-refractivity contribution >= 4 is 12.0 Å². The molecule has 0 aliphatic heterocycles. The van der Waals surface area contributed by atoms with Crippen molar-refractivity contribution in [3.8, 4) is 0 Å². The number of rotatable bonds is 5. The van der Waals surface area contributed by atoms with Crippen molar-refractivity contribution in [2.75, 3.05) is 13.6 Å². The average molecular weight is 245 g/mol. The summed E-state index contributed by atoms with van der Waals surface area (Å²) in [5.41, 5.74) is 5.09. The van der Waals surface area contributed by atoms with Crippen molar-refractivity contribution in [2.45, 2.75) is 45.3 Å². The predicted molar refractivity (Wildman–Crippen MR) is 65.5 cm³/mol. The van der Waals surface area contributed by atoms with E-state index in [1.54, 1.807) is 27.8 Å². The molecule has 100 valence electrons. The zero-order valence-corrected chi connectivity index (χ0v) is 11.0. The lowest BCUT2D eigenvalue weighted by atomic mass is 10.1. The van der Waals surface area contributed by atoms with Crippen LogP contribution in [0.5, 0.6) is 0 Å². The number of nitrogens with one attached hydrogen (secondary N) is 2. The van der Waals surface area contributed by atoms with Crippen LogP contribution < -0.4 is 16.4 Å². The maximum Gasteiger partial charge on any atom is 0.407 e. The molecule has 0 fully saturated rings. The number of hydrogen-bond donors (Lipinski definition) is 3. The fourth-order valence-corrected chi connectivity index (χ4v) is 1.14. The van der Waals surface area contributed by atoms with Gasteiger partial charge in [-0.2, -0.15) is 0 Å². The summed E-state index contributed by atoms with van der Waals surface area (Å²) in [6, 6.07) is -0.527. The highest BCUT2D eigenvalue weighted by molar-refractivity contribution is 5.81. The van der Waals surface area contributed by atoms with Gasteiger partial charge in [-0.1, -0.05) is 0 Å². The van der Waals surface area contributed by atoms with Gasteiger partial charge in [-0.15, -0.1) is 0 Å². The zero-order chi connectivity index (χ0) is 13.5. The summed E-state index contributed by atoms with van der Waals surface area (Å²) in [5.74, 6) is -0.192. The third-order valence-electron chi connectivity index (χ3n) is 1.94. The summed E-state index contributed by atoms with van der Waals surface area (Å²) in [6.45, 7) is 5.84. The Morgan fingerprint density at radius 2 is 1.94 bits per heavy atom. The summed E-state index contributed by atoms with van der Waals surface area (Å²) in [4.78, 5) is 22.3. The molecule has 0 aromatic rings. The van der Waals surface area contributed by atoms with E-state index in [0.29, 0.717) is 19.4 Å². The lowest BCUT2D eigenvalue weighted by Gasteiger charge is -2.19. The molecule has 0 spiro atoms. The number of alkyl carbamates (subject to hydrolysis) is 1. The van der Waals surface area contributed by atoms with Gasteiger partial charge in [0.1, 0.15) is 5.60 Å². The largest absolute Gasteiger partial charge is 0.444 e. The van der Waals surface area contributed by atoms with Crippen molar-refractivity contribution in [2.24, 2.45) is 5.73 Å². The summed E-state index contributed by atoms with van der Waals surface area (Å²) in [7, 11) is 1.54. The summed E-state index contributed by atoms with van der Waals surface area (Å²) in [6.07, 6.45) is 0.703. The molecule has 17 heavy (non-hydrogen) atoms. The number of amides is 2. The first-order valence-electron chi connectivity index (χ1n) is 5.70. The predicted octanol–water partition coefficient (Wildman–Crippen LogP) is 0.365. The van der Waals surface area contributed by atoms with Gasteiger partial charge in [0, 0.05) is 13.6 Å². The Kier molecular flexibility index (Phi) is 6.57. The number of hydrogen-bond acceptors (Lipinski definition) is 4. The first kappa shape index (κ1) is 15.7. The summed E-state index contributed by atoms with van der Waals surface area (Å²) in [5, 5.41) is 5.07. The van der Waals surface area contributed by atoms with E-state index in [9.17, 15) is 9.59 Å². The number of carbonyl (C=O) groups excluding carboxylic acids is 2. The molecule has 0 saturated carbocycles. The molecule has 0 unspecified atom stereocenters. The molecule has 0 aliphatic carbocycles. The van der Waals surface area contributed by atoms with E-state index in [4.69, 9.17) is 10.5 Å². The van der Waals surface area contributed by atoms with Crippen LogP contribution in [0.4, 0.5) is 4.79 Å². The smallest absolute Gasteiger partial charge is 0.407 e. The first-order valence-corrected chi connectivity index (χ1v) is 5.70. The second-order valence-corrected chi connectivity index (χ2v) is 4.79. The Balaban J connectivity index is 3.65. The van der Waals surface area contributed by atoms with Crippen LogP contribution in [0.3, 0.4) is 0 Å².